The summed E-state index contributed by atoms with van der Waals surface area (Å²) in [6, 6.07) is 10.1. The third kappa shape index (κ3) is 1.21. The van der Waals surface area contributed by atoms with Gasteiger partial charge in [-0.2, -0.15) is 0 Å². The van der Waals surface area contributed by atoms with Crippen molar-refractivity contribution < 1.29 is 9.90 Å². The van der Waals surface area contributed by atoms with Gasteiger partial charge in [0.25, 0.3) is 0 Å². The summed E-state index contributed by atoms with van der Waals surface area (Å²) in [5.74, 6) is -0.662. The number of hydrogen-bond acceptors (Lipinski definition) is 2. The van der Waals surface area contributed by atoms with Crippen molar-refractivity contribution in [1.82, 2.24) is 0 Å². The molecule has 0 atom stereocenters. The maximum atomic E-state index is 11.4. The standard InChI is InChI=1S/C13H12O2S/c14-12(15)13(6-3-7-13)11-8-9-4-1-2-5-10(9)16-11/h1-2,4-5,8H,3,6-7H2,(H,14,15). The van der Waals surface area contributed by atoms with E-state index in [2.05, 4.69) is 6.07 Å². The zero-order valence-electron chi connectivity index (χ0n) is 8.77. The second kappa shape index (κ2) is 3.32. The van der Waals surface area contributed by atoms with Crippen LogP contribution in [0.25, 0.3) is 10.1 Å². The van der Waals surface area contributed by atoms with E-state index in [1.807, 2.05) is 24.3 Å². The van der Waals surface area contributed by atoms with Gasteiger partial charge >= 0.3 is 5.97 Å². The van der Waals surface area contributed by atoms with E-state index in [-0.39, 0.29) is 0 Å². The highest BCUT2D eigenvalue weighted by molar-refractivity contribution is 7.19. The second-order valence-corrected chi connectivity index (χ2v) is 5.47. The molecule has 0 aliphatic heterocycles. The molecule has 0 unspecified atom stereocenters. The molecule has 0 bridgehead atoms. The number of carbonyl (C=O) groups is 1. The smallest absolute Gasteiger partial charge is 0.314 e. The highest BCUT2D eigenvalue weighted by Crippen LogP contribution is 2.47. The van der Waals surface area contributed by atoms with Crippen LogP contribution in [-0.2, 0) is 10.2 Å². The van der Waals surface area contributed by atoms with E-state index >= 15 is 0 Å². The van der Waals surface area contributed by atoms with Crippen LogP contribution in [0.1, 0.15) is 24.1 Å². The van der Waals surface area contributed by atoms with Crippen LogP contribution >= 0.6 is 11.3 Å². The molecule has 1 saturated carbocycles. The van der Waals surface area contributed by atoms with Crippen LogP contribution in [-0.4, -0.2) is 11.1 Å². The second-order valence-electron chi connectivity index (χ2n) is 4.39. The summed E-state index contributed by atoms with van der Waals surface area (Å²) in [6.45, 7) is 0. The first-order valence-corrected chi connectivity index (χ1v) is 6.26. The summed E-state index contributed by atoms with van der Waals surface area (Å²) in [7, 11) is 0. The Balaban J connectivity index is 2.15. The van der Waals surface area contributed by atoms with Gasteiger partial charge in [-0.1, -0.05) is 24.6 Å². The zero-order chi connectivity index (χ0) is 11.2. The van der Waals surface area contributed by atoms with Gasteiger partial charge in [0.15, 0.2) is 0 Å². The number of aliphatic carboxylic acids is 1. The fourth-order valence-corrected chi connectivity index (χ4v) is 3.61. The first-order valence-electron chi connectivity index (χ1n) is 5.45. The van der Waals surface area contributed by atoms with E-state index in [4.69, 9.17) is 0 Å². The molecule has 2 nitrogen and oxygen atoms in total. The molecule has 1 aromatic heterocycles. The van der Waals surface area contributed by atoms with Gasteiger partial charge in [0.2, 0.25) is 0 Å². The summed E-state index contributed by atoms with van der Waals surface area (Å²) in [5.41, 5.74) is -0.580. The summed E-state index contributed by atoms with van der Waals surface area (Å²) >= 11 is 1.63. The van der Waals surface area contributed by atoms with E-state index in [9.17, 15) is 9.90 Å². The molecule has 0 radical (unpaired) electrons. The Morgan fingerprint density at radius 2 is 2.06 bits per heavy atom. The summed E-state index contributed by atoms with van der Waals surface area (Å²) in [5, 5.41) is 10.5. The summed E-state index contributed by atoms with van der Waals surface area (Å²) in [4.78, 5) is 12.4. The predicted molar refractivity (Wildman–Crippen MR) is 65.0 cm³/mol. The molecule has 1 aliphatic carbocycles. The van der Waals surface area contributed by atoms with Crippen LogP contribution in [0, 0.1) is 0 Å². The molecule has 1 fully saturated rings. The topological polar surface area (TPSA) is 37.3 Å². The monoisotopic (exact) mass is 232 g/mol. The van der Waals surface area contributed by atoms with Crippen molar-refractivity contribution in [3.8, 4) is 0 Å². The normalized spacial score (nSPS) is 18.2. The van der Waals surface area contributed by atoms with Crippen molar-refractivity contribution in [2.75, 3.05) is 0 Å². The minimum absolute atomic E-state index is 0.580. The van der Waals surface area contributed by atoms with Crippen LogP contribution < -0.4 is 0 Å². The van der Waals surface area contributed by atoms with Crippen LogP contribution in [0.5, 0.6) is 0 Å². The molecule has 3 rings (SSSR count). The molecule has 1 aliphatic rings. The number of fused-ring (bicyclic) bond motifs is 1. The number of thiophene rings is 1. The fourth-order valence-electron chi connectivity index (χ4n) is 2.31. The van der Waals surface area contributed by atoms with E-state index in [1.165, 1.54) is 4.70 Å². The average Bonchev–Trinajstić information content (AvgIpc) is 2.58. The molecule has 0 amide bonds. The molecular formula is C13H12O2S. The number of carboxylic acids is 1. The van der Waals surface area contributed by atoms with Gasteiger partial charge in [0.05, 0.1) is 0 Å². The minimum atomic E-state index is -0.662. The highest BCUT2D eigenvalue weighted by atomic mass is 32.1. The van der Waals surface area contributed by atoms with Gasteiger partial charge in [0.1, 0.15) is 5.41 Å². The molecule has 1 aromatic carbocycles. The Morgan fingerprint density at radius 1 is 1.31 bits per heavy atom. The number of hydrogen-bond donors (Lipinski definition) is 1. The van der Waals surface area contributed by atoms with Gasteiger partial charge in [-0.05, 0) is 30.4 Å². The van der Waals surface area contributed by atoms with E-state index in [0.29, 0.717) is 0 Å². The lowest BCUT2D eigenvalue weighted by Gasteiger charge is -2.36. The van der Waals surface area contributed by atoms with Crippen molar-refractivity contribution in [3.63, 3.8) is 0 Å². The lowest BCUT2D eigenvalue weighted by molar-refractivity contribution is -0.147. The zero-order valence-corrected chi connectivity index (χ0v) is 9.59. The van der Waals surface area contributed by atoms with E-state index in [1.54, 1.807) is 11.3 Å². The van der Waals surface area contributed by atoms with Gasteiger partial charge in [-0.25, -0.2) is 0 Å². The Hall–Kier alpha value is -1.35. The summed E-state index contributed by atoms with van der Waals surface area (Å²) in [6.07, 6.45) is 2.60. The summed E-state index contributed by atoms with van der Waals surface area (Å²) < 4.78 is 1.19. The molecule has 1 N–H and O–H groups in total. The predicted octanol–water partition coefficient (Wildman–Crippen LogP) is 3.41. The number of benzene rings is 1. The molecule has 3 heteroatoms. The van der Waals surface area contributed by atoms with E-state index in [0.717, 1.165) is 29.5 Å². The number of carboxylic acid groups (broad SMARTS) is 1. The van der Waals surface area contributed by atoms with Gasteiger partial charge < -0.3 is 5.11 Å². The third-order valence-corrected chi connectivity index (χ3v) is 4.83. The SMILES string of the molecule is O=C(O)C1(c2cc3ccccc3s2)CCC1. The average molecular weight is 232 g/mol. The fraction of sp³-hybridized carbons (Fsp3) is 0.308. The van der Waals surface area contributed by atoms with Crippen molar-refractivity contribution in [1.29, 1.82) is 0 Å². The molecule has 1 heterocycles. The van der Waals surface area contributed by atoms with E-state index < -0.39 is 11.4 Å². The molecule has 0 spiro atoms. The van der Waals surface area contributed by atoms with Crippen LogP contribution in [0.15, 0.2) is 30.3 Å². The van der Waals surface area contributed by atoms with Crippen molar-refractivity contribution in [2.45, 2.75) is 24.7 Å². The lowest BCUT2D eigenvalue weighted by atomic mass is 9.68. The van der Waals surface area contributed by atoms with Crippen molar-refractivity contribution in [2.24, 2.45) is 0 Å². The maximum absolute atomic E-state index is 11.4. The molecular weight excluding hydrogens is 220 g/mol. The van der Waals surface area contributed by atoms with Gasteiger partial charge in [-0.15, -0.1) is 11.3 Å². The minimum Gasteiger partial charge on any atom is -0.481 e. The molecule has 0 saturated heterocycles. The highest BCUT2D eigenvalue weighted by Gasteiger charge is 2.47. The maximum Gasteiger partial charge on any atom is 0.314 e. The largest absolute Gasteiger partial charge is 0.481 e. The Kier molecular flexibility index (Phi) is 2.04. The lowest BCUT2D eigenvalue weighted by Crippen LogP contribution is -2.41. The first kappa shape index (κ1) is 9.85. The Labute approximate surface area is 97.5 Å². The molecule has 82 valence electrons. The van der Waals surface area contributed by atoms with Gasteiger partial charge in [0, 0.05) is 9.58 Å². The van der Waals surface area contributed by atoms with Crippen molar-refractivity contribution in [3.05, 3.63) is 35.2 Å². The van der Waals surface area contributed by atoms with Crippen LogP contribution in [0.3, 0.4) is 0 Å². The Bertz CT molecular complexity index is 519. The van der Waals surface area contributed by atoms with Gasteiger partial charge in [-0.3, -0.25) is 4.79 Å². The molecule has 2 aromatic rings. The first-order chi connectivity index (χ1) is 7.72. The quantitative estimate of drug-likeness (QED) is 0.861. The Morgan fingerprint density at radius 3 is 2.62 bits per heavy atom. The molecule has 16 heavy (non-hydrogen) atoms. The van der Waals surface area contributed by atoms with Crippen molar-refractivity contribution >= 4 is 27.4 Å². The number of rotatable bonds is 2. The van der Waals surface area contributed by atoms with Crippen LogP contribution in [0.4, 0.5) is 0 Å². The van der Waals surface area contributed by atoms with Crippen LogP contribution in [0.2, 0.25) is 0 Å². The third-order valence-electron chi connectivity index (χ3n) is 3.51.